The zero-order valence-corrected chi connectivity index (χ0v) is 11.9. The molecule has 0 aromatic heterocycles. The maximum Gasteiger partial charge on any atom is 0.107 e. The van der Waals surface area contributed by atoms with E-state index in [0.717, 1.165) is 12.0 Å². The van der Waals surface area contributed by atoms with Gasteiger partial charge in [-0.25, -0.2) is 0 Å². The molecule has 1 saturated heterocycles. The lowest BCUT2D eigenvalue weighted by molar-refractivity contribution is -0.0225. The smallest absolute Gasteiger partial charge is 0.107 e. The summed E-state index contributed by atoms with van der Waals surface area (Å²) >= 11 is 0. The molecule has 0 amide bonds. The Morgan fingerprint density at radius 3 is 2.24 bits per heavy atom. The van der Waals surface area contributed by atoms with Crippen molar-refractivity contribution >= 4 is 0 Å². The van der Waals surface area contributed by atoms with Crippen LogP contribution in [0.25, 0.3) is 0 Å². The first-order valence-corrected chi connectivity index (χ1v) is 7.33. The van der Waals surface area contributed by atoms with Crippen LogP contribution < -0.4 is 0 Å². The molecule has 110 valence electrons. The van der Waals surface area contributed by atoms with Crippen LogP contribution in [-0.2, 0) is 11.2 Å². The Kier molecular flexibility index (Phi) is 4.34. The second-order valence-electron chi connectivity index (χ2n) is 5.55. The minimum Gasteiger partial charge on any atom is -0.394 e. The molecular formula is C18H20O3. The standard InChI is InChI=1S/C18H20O3/c19-12-18-16(20)11-17(21-18)15-8-6-14(7-9-15)10-13-4-2-1-3-5-13/h1-9,16-20H,10-12H2/t16-,17+,18+/m0/s1. The monoisotopic (exact) mass is 284 g/mol. The third-order valence-electron chi connectivity index (χ3n) is 4.01. The highest BCUT2D eigenvalue weighted by atomic mass is 16.5. The molecule has 0 aliphatic carbocycles. The molecular weight excluding hydrogens is 264 g/mol. The molecule has 2 aromatic rings. The predicted molar refractivity (Wildman–Crippen MR) is 81.0 cm³/mol. The normalized spacial score (nSPS) is 25.1. The second kappa shape index (κ2) is 6.39. The topological polar surface area (TPSA) is 49.7 Å². The lowest BCUT2D eigenvalue weighted by Crippen LogP contribution is -2.24. The molecule has 1 fully saturated rings. The SMILES string of the molecule is OC[C@H]1O[C@@H](c2ccc(Cc3ccccc3)cc2)C[C@@H]1O. The molecule has 0 spiro atoms. The van der Waals surface area contributed by atoms with Gasteiger partial charge in [-0.05, 0) is 23.1 Å². The van der Waals surface area contributed by atoms with E-state index in [1.807, 2.05) is 18.2 Å². The molecule has 3 heteroatoms. The van der Waals surface area contributed by atoms with Crippen LogP contribution in [0.2, 0.25) is 0 Å². The van der Waals surface area contributed by atoms with Gasteiger partial charge in [-0.3, -0.25) is 0 Å². The Labute approximate surface area is 124 Å². The molecule has 0 saturated carbocycles. The highest BCUT2D eigenvalue weighted by Crippen LogP contribution is 2.33. The average Bonchev–Trinajstić information content (AvgIpc) is 2.90. The quantitative estimate of drug-likeness (QED) is 0.906. The summed E-state index contributed by atoms with van der Waals surface area (Å²) in [4.78, 5) is 0. The largest absolute Gasteiger partial charge is 0.394 e. The minimum absolute atomic E-state index is 0.122. The van der Waals surface area contributed by atoms with Crippen LogP contribution in [0.5, 0.6) is 0 Å². The summed E-state index contributed by atoms with van der Waals surface area (Å²) < 4.78 is 5.67. The van der Waals surface area contributed by atoms with Gasteiger partial charge < -0.3 is 14.9 Å². The van der Waals surface area contributed by atoms with Crippen LogP contribution >= 0.6 is 0 Å². The van der Waals surface area contributed by atoms with E-state index in [0.29, 0.717) is 6.42 Å². The Hall–Kier alpha value is -1.68. The summed E-state index contributed by atoms with van der Waals surface area (Å²) in [5, 5.41) is 18.9. The van der Waals surface area contributed by atoms with E-state index >= 15 is 0 Å². The maximum absolute atomic E-state index is 9.79. The van der Waals surface area contributed by atoms with E-state index < -0.39 is 12.2 Å². The van der Waals surface area contributed by atoms with E-state index in [1.165, 1.54) is 11.1 Å². The molecule has 1 aliphatic rings. The second-order valence-corrected chi connectivity index (χ2v) is 5.55. The molecule has 3 nitrogen and oxygen atoms in total. The molecule has 1 aliphatic heterocycles. The highest BCUT2D eigenvalue weighted by molar-refractivity contribution is 5.30. The van der Waals surface area contributed by atoms with Gasteiger partial charge in [0, 0.05) is 6.42 Å². The van der Waals surface area contributed by atoms with Crippen molar-refractivity contribution < 1.29 is 14.9 Å². The van der Waals surface area contributed by atoms with Crippen LogP contribution in [0.3, 0.4) is 0 Å². The zero-order valence-electron chi connectivity index (χ0n) is 11.9. The fraction of sp³-hybridized carbons (Fsp3) is 0.333. The van der Waals surface area contributed by atoms with Crippen molar-refractivity contribution in [1.29, 1.82) is 0 Å². The number of hydrogen-bond acceptors (Lipinski definition) is 3. The highest BCUT2D eigenvalue weighted by Gasteiger charge is 2.33. The van der Waals surface area contributed by atoms with E-state index in [1.54, 1.807) is 0 Å². The van der Waals surface area contributed by atoms with Crippen molar-refractivity contribution in [3.63, 3.8) is 0 Å². The van der Waals surface area contributed by atoms with Gasteiger partial charge in [-0.2, -0.15) is 0 Å². The van der Waals surface area contributed by atoms with Crippen LogP contribution in [0.1, 0.15) is 29.2 Å². The summed E-state index contributed by atoms with van der Waals surface area (Å²) in [5.74, 6) is 0. The van der Waals surface area contributed by atoms with Crippen molar-refractivity contribution in [2.75, 3.05) is 6.61 Å². The van der Waals surface area contributed by atoms with Gasteiger partial charge >= 0.3 is 0 Å². The van der Waals surface area contributed by atoms with Crippen molar-refractivity contribution in [3.8, 4) is 0 Å². The van der Waals surface area contributed by atoms with E-state index in [4.69, 9.17) is 9.84 Å². The van der Waals surface area contributed by atoms with Crippen LogP contribution in [-0.4, -0.2) is 29.0 Å². The fourth-order valence-electron chi connectivity index (χ4n) is 2.79. The van der Waals surface area contributed by atoms with Crippen LogP contribution in [0.4, 0.5) is 0 Å². The number of ether oxygens (including phenoxy) is 1. The summed E-state index contributed by atoms with van der Waals surface area (Å²) in [6.45, 7) is -0.135. The lowest BCUT2D eigenvalue weighted by Gasteiger charge is -2.13. The van der Waals surface area contributed by atoms with E-state index in [9.17, 15) is 5.11 Å². The van der Waals surface area contributed by atoms with Gasteiger partial charge in [0.1, 0.15) is 6.10 Å². The van der Waals surface area contributed by atoms with E-state index in [2.05, 4.69) is 36.4 Å². The van der Waals surface area contributed by atoms with Gasteiger partial charge in [0.25, 0.3) is 0 Å². The summed E-state index contributed by atoms with van der Waals surface area (Å²) in [5.41, 5.74) is 3.60. The first-order valence-electron chi connectivity index (χ1n) is 7.33. The van der Waals surface area contributed by atoms with Gasteiger partial charge in [-0.15, -0.1) is 0 Å². The number of benzene rings is 2. The van der Waals surface area contributed by atoms with Crippen LogP contribution in [0, 0.1) is 0 Å². The Morgan fingerprint density at radius 2 is 1.62 bits per heavy atom. The number of aliphatic hydroxyl groups is 2. The zero-order chi connectivity index (χ0) is 14.7. The van der Waals surface area contributed by atoms with Crippen molar-refractivity contribution in [2.24, 2.45) is 0 Å². The fourth-order valence-corrected chi connectivity index (χ4v) is 2.79. The first-order chi connectivity index (χ1) is 10.3. The van der Waals surface area contributed by atoms with Gasteiger partial charge in [-0.1, -0.05) is 54.6 Å². The minimum atomic E-state index is -0.580. The molecule has 0 unspecified atom stereocenters. The molecule has 2 N–H and O–H groups in total. The third-order valence-corrected chi connectivity index (χ3v) is 4.01. The average molecular weight is 284 g/mol. The van der Waals surface area contributed by atoms with E-state index in [-0.39, 0.29) is 12.7 Å². The lowest BCUT2D eigenvalue weighted by atomic mass is 10.00. The molecule has 3 rings (SSSR count). The Morgan fingerprint density at radius 1 is 0.952 bits per heavy atom. The Bertz CT molecular complexity index is 565. The Balaban J connectivity index is 1.67. The summed E-state index contributed by atoms with van der Waals surface area (Å²) in [6, 6.07) is 18.7. The number of hydrogen-bond donors (Lipinski definition) is 2. The third kappa shape index (κ3) is 3.32. The summed E-state index contributed by atoms with van der Waals surface area (Å²) in [6.07, 6.45) is 0.295. The van der Waals surface area contributed by atoms with Gasteiger partial charge in [0.05, 0.1) is 18.8 Å². The van der Waals surface area contributed by atoms with Crippen molar-refractivity contribution in [1.82, 2.24) is 0 Å². The first kappa shape index (κ1) is 14.3. The molecule has 1 heterocycles. The maximum atomic E-state index is 9.79. The summed E-state index contributed by atoms with van der Waals surface area (Å²) in [7, 11) is 0. The number of rotatable bonds is 4. The molecule has 0 bridgehead atoms. The molecule has 2 aromatic carbocycles. The van der Waals surface area contributed by atoms with Crippen LogP contribution in [0.15, 0.2) is 54.6 Å². The van der Waals surface area contributed by atoms with Crippen molar-refractivity contribution in [2.45, 2.75) is 31.2 Å². The molecule has 0 radical (unpaired) electrons. The molecule has 21 heavy (non-hydrogen) atoms. The molecule has 3 atom stereocenters. The number of aliphatic hydroxyl groups excluding tert-OH is 2. The predicted octanol–water partition coefficient (Wildman–Crippen LogP) is 2.46. The van der Waals surface area contributed by atoms with Gasteiger partial charge in [0.2, 0.25) is 0 Å². The van der Waals surface area contributed by atoms with Gasteiger partial charge in [0.15, 0.2) is 0 Å². The van der Waals surface area contributed by atoms with Crippen molar-refractivity contribution in [3.05, 3.63) is 71.3 Å².